The highest BCUT2D eigenvalue weighted by atomic mass is 79.9. The maximum Gasteiger partial charge on any atom is 0.0431 e. The summed E-state index contributed by atoms with van der Waals surface area (Å²) in [6.07, 6.45) is 4.47. The van der Waals surface area contributed by atoms with E-state index in [0.29, 0.717) is 0 Å². The van der Waals surface area contributed by atoms with Gasteiger partial charge in [0.15, 0.2) is 0 Å². The van der Waals surface area contributed by atoms with Crippen LogP contribution in [0.2, 0.25) is 0 Å². The maximum atomic E-state index is 6.10. The van der Waals surface area contributed by atoms with Crippen molar-refractivity contribution in [3.8, 4) is 0 Å². The number of nitrogens with zero attached hydrogens (tertiary/aromatic N) is 1. The van der Waals surface area contributed by atoms with Gasteiger partial charge in [0.05, 0.1) is 0 Å². The number of aromatic nitrogens is 1. The van der Waals surface area contributed by atoms with Crippen molar-refractivity contribution in [3.05, 3.63) is 50.9 Å². The molecule has 1 atom stereocenters. The van der Waals surface area contributed by atoms with Gasteiger partial charge in [-0.15, -0.1) is 11.3 Å². The van der Waals surface area contributed by atoms with Crippen LogP contribution in [-0.2, 0) is 6.42 Å². The van der Waals surface area contributed by atoms with E-state index in [4.69, 9.17) is 5.73 Å². The molecule has 0 spiro atoms. The molecule has 0 saturated heterocycles. The second-order valence-electron chi connectivity index (χ2n) is 3.34. The van der Waals surface area contributed by atoms with Crippen LogP contribution in [0.15, 0.2) is 40.4 Å². The van der Waals surface area contributed by atoms with Gasteiger partial charge < -0.3 is 5.73 Å². The molecule has 0 bridgehead atoms. The van der Waals surface area contributed by atoms with Gasteiger partial charge in [-0.05, 0) is 40.0 Å². The summed E-state index contributed by atoms with van der Waals surface area (Å²) >= 11 is 5.11. The van der Waals surface area contributed by atoms with Crippen molar-refractivity contribution in [1.82, 2.24) is 4.98 Å². The highest BCUT2D eigenvalue weighted by Gasteiger charge is 2.09. The molecule has 0 aliphatic heterocycles. The third-order valence-corrected chi connectivity index (χ3v) is 3.96. The Morgan fingerprint density at radius 1 is 1.53 bits per heavy atom. The van der Waals surface area contributed by atoms with E-state index < -0.39 is 0 Å². The van der Waals surface area contributed by atoms with Crippen LogP contribution >= 0.6 is 27.3 Å². The van der Waals surface area contributed by atoms with Gasteiger partial charge in [-0.1, -0.05) is 6.07 Å². The molecule has 2 aromatic rings. The minimum Gasteiger partial charge on any atom is -0.323 e. The molecule has 0 fully saturated rings. The van der Waals surface area contributed by atoms with Crippen LogP contribution in [0.1, 0.15) is 16.5 Å². The van der Waals surface area contributed by atoms with Crippen molar-refractivity contribution < 1.29 is 0 Å². The summed E-state index contributed by atoms with van der Waals surface area (Å²) in [5, 5.41) is 2.05. The molecular formula is C11H11BrN2S. The molecule has 0 aromatic carbocycles. The number of thiophene rings is 1. The lowest BCUT2D eigenvalue weighted by Gasteiger charge is -2.08. The molecule has 0 aliphatic rings. The fourth-order valence-electron chi connectivity index (χ4n) is 1.40. The smallest absolute Gasteiger partial charge is 0.0431 e. The van der Waals surface area contributed by atoms with E-state index in [1.165, 1.54) is 10.4 Å². The summed E-state index contributed by atoms with van der Waals surface area (Å²) in [6.45, 7) is 0. The second-order valence-corrected chi connectivity index (χ2v) is 5.20. The van der Waals surface area contributed by atoms with E-state index >= 15 is 0 Å². The summed E-state index contributed by atoms with van der Waals surface area (Å²) in [5.41, 5.74) is 7.28. The van der Waals surface area contributed by atoms with Crippen LogP contribution in [0.3, 0.4) is 0 Å². The Morgan fingerprint density at radius 2 is 2.40 bits per heavy atom. The molecule has 2 aromatic heterocycles. The van der Waals surface area contributed by atoms with Crippen LogP contribution in [0, 0.1) is 0 Å². The first-order chi connectivity index (χ1) is 7.25. The van der Waals surface area contributed by atoms with Crippen LogP contribution in [0.4, 0.5) is 0 Å². The van der Waals surface area contributed by atoms with Crippen molar-refractivity contribution in [3.63, 3.8) is 0 Å². The minimum atomic E-state index is 0.0606. The van der Waals surface area contributed by atoms with Gasteiger partial charge in [0.25, 0.3) is 0 Å². The maximum absolute atomic E-state index is 6.10. The lowest BCUT2D eigenvalue weighted by molar-refractivity contribution is 0.734. The van der Waals surface area contributed by atoms with Crippen molar-refractivity contribution in [2.75, 3.05) is 0 Å². The lowest BCUT2D eigenvalue weighted by atomic mass is 10.1. The van der Waals surface area contributed by atoms with E-state index in [1.807, 2.05) is 12.3 Å². The molecule has 2 rings (SSSR count). The second kappa shape index (κ2) is 4.88. The Hall–Kier alpha value is -0.710. The molecule has 4 heteroatoms. The molecular weight excluding hydrogens is 272 g/mol. The van der Waals surface area contributed by atoms with Gasteiger partial charge in [-0.25, -0.2) is 0 Å². The zero-order valence-electron chi connectivity index (χ0n) is 8.06. The van der Waals surface area contributed by atoms with E-state index in [0.717, 1.165) is 10.9 Å². The average Bonchev–Trinajstić information content (AvgIpc) is 2.66. The molecule has 0 amide bonds. The molecule has 2 nitrogen and oxygen atoms in total. The van der Waals surface area contributed by atoms with Gasteiger partial charge >= 0.3 is 0 Å². The molecule has 0 aliphatic carbocycles. The first-order valence-electron chi connectivity index (χ1n) is 4.64. The molecule has 15 heavy (non-hydrogen) atoms. The number of nitrogens with two attached hydrogens (primary N) is 1. The molecule has 2 heterocycles. The molecule has 78 valence electrons. The number of rotatable bonds is 3. The van der Waals surface area contributed by atoms with Crippen LogP contribution in [0.25, 0.3) is 0 Å². The summed E-state index contributed by atoms with van der Waals surface area (Å²) in [5.74, 6) is 0. The normalized spacial score (nSPS) is 12.7. The van der Waals surface area contributed by atoms with Gasteiger partial charge in [-0.2, -0.15) is 0 Å². The number of hydrogen-bond acceptors (Lipinski definition) is 3. The van der Waals surface area contributed by atoms with Crippen molar-refractivity contribution in [2.24, 2.45) is 5.73 Å². The quantitative estimate of drug-likeness (QED) is 0.939. The number of hydrogen-bond donors (Lipinski definition) is 1. The zero-order chi connectivity index (χ0) is 10.7. The van der Waals surface area contributed by atoms with E-state index in [2.05, 4.69) is 38.4 Å². The minimum absolute atomic E-state index is 0.0606. The van der Waals surface area contributed by atoms with E-state index in [1.54, 1.807) is 17.5 Å². The van der Waals surface area contributed by atoms with Gasteiger partial charge in [0.1, 0.15) is 0 Å². The van der Waals surface area contributed by atoms with Gasteiger partial charge in [-0.3, -0.25) is 4.98 Å². The average molecular weight is 283 g/mol. The van der Waals surface area contributed by atoms with Gasteiger partial charge in [0.2, 0.25) is 0 Å². The molecule has 1 unspecified atom stereocenters. The lowest BCUT2D eigenvalue weighted by Crippen LogP contribution is -2.11. The van der Waals surface area contributed by atoms with Gasteiger partial charge in [0, 0.05) is 33.2 Å². The molecule has 0 saturated carbocycles. The summed E-state index contributed by atoms with van der Waals surface area (Å²) in [4.78, 5) is 5.27. The molecule has 0 radical (unpaired) electrons. The number of halogens is 1. The summed E-state index contributed by atoms with van der Waals surface area (Å²) < 4.78 is 1.10. The van der Waals surface area contributed by atoms with Crippen molar-refractivity contribution >= 4 is 27.3 Å². The highest BCUT2D eigenvalue weighted by Crippen LogP contribution is 2.26. The topological polar surface area (TPSA) is 38.9 Å². The summed E-state index contributed by atoms with van der Waals surface area (Å²) in [7, 11) is 0. The Labute approximate surface area is 101 Å². The van der Waals surface area contributed by atoms with Crippen molar-refractivity contribution in [1.29, 1.82) is 0 Å². The Bertz CT molecular complexity index is 427. The Balaban J connectivity index is 2.07. The zero-order valence-corrected chi connectivity index (χ0v) is 10.5. The SMILES string of the molecule is NC(Cc1cccnc1)c1cc(Br)cs1. The fourth-order valence-corrected chi connectivity index (χ4v) is 2.84. The third kappa shape index (κ3) is 2.87. The van der Waals surface area contributed by atoms with Crippen LogP contribution in [-0.4, -0.2) is 4.98 Å². The van der Waals surface area contributed by atoms with E-state index in [-0.39, 0.29) is 6.04 Å². The standard InChI is InChI=1S/C11H11BrN2S/c12-9-5-11(15-7-9)10(13)4-8-2-1-3-14-6-8/h1-3,5-7,10H,4,13H2. The number of pyridine rings is 1. The monoisotopic (exact) mass is 282 g/mol. The van der Waals surface area contributed by atoms with Crippen LogP contribution in [0.5, 0.6) is 0 Å². The predicted molar refractivity (Wildman–Crippen MR) is 66.9 cm³/mol. The largest absolute Gasteiger partial charge is 0.323 e. The predicted octanol–water partition coefficient (Wildman–Crippen LogP) is 3.15. The first kappa shape index (κ1) is 10.8. The highest BCUT2D eigenvalue weighted by molar-refractivity contribution is 9.10. The van der Waals surface area contributed by atoms with Crippen molar-refractivity contribution in [2.45, 2.75) is 12.5 Å². The Kier molecular flexibility index (Phi) is 3.51. The van der Waals surface area contributed by atoms with E-state index in [9.17, 15) is 0 Å². The Morgan fingerprint density at radius 3 is 3.00 bits per heavy atom. The molecule has 2 N–H and O–H groups in total. The fraction of sp³-hybridized carbons (Fsp3) is 0.182. The third-order valence-electron chi connectivity index (χ3n) is 2.13. The van der Waals surface area contributed by atoms with Crippen LogP contribution < -0.4 is 5.73 Å². The summed E-state index contributed by atoms with van der Waals surface area (Å²) in [6, 6.07) is 6.12. The first-order valence-corrected chi connectivity index (χ1v) is 6.31.